The van der Waals surface area contributed by atoms with Crippen molar-refractivity contribution in [3.8, 4) is 33.6 Å². The second kappa shape index (κ2) is 10.5. The number of hydrogen-bond donors (Lipinski definition) is 0. The van der Waals surface area contributed by atoms with E-state index < -0.39 is 0 Å². The average molecular weight is 534 g/mol. The molecule has 3 aromatic rings. The summed E-state index contributed by atoms with van der Waals surface area (Å²) in [7, 11) is 0. The molecule has 0 bridgehead atoms. The molecule has 39 heavy (non-hydrogen) atoms. The number of piperidine rings is 2. The third kappa shape index (κ3) is 4.63. The van der Waals surface area contributed by atoms with Crippen molar-refractivity contribution in [2.45, 2.75) is 38.5 Å². The van der Waals surface area contributed by atoms with Crippen LogP contribution in [-0.2, 0) is 0 Å². The minimum absolute atomic E-state index is 0.763. The smallest absolute Gasteiger partial charge is 0.204 e. The van der Waals surface area contributed by atoms with E-state index >= 15 is 0 Å². The van der Waals surface area contributed by atoms with Crippen LogP contribution >= 0.6 is 11.6 Å². The van der Waals surface area contributed by atoms with Crippen LogP contribution in [0.5, 0.6) is 0 Å². The van der Waals surface area contributed by atoms with Crippen LogP contribution in [0.2, 0.25) is 5.02 Å². The lowest BCUT2D eigenvalue weighted by Gasteiger charge is -2.30. The molecule has 2 fully saturated rings. The van der Waals surface area contributed by atoms with E-state index in [0.717, 1.165) is 75.7 Å². The van der Waals surface area contributed by atoms with Gasteiger partial charge in [-0.15, -0.1) is 0 Å². The first-order valence-corrected chi connectivity index (χ1v) is 14.8. The molecular formula is C35H34ClN2O+. The first-order valence-electron chi connectivity index (χ1n) is 14.4. The van der Waals surface area contributed by atoms with E-state index in [4.69, 9.17) is 16.0 Å². The highest BCUT2D eigenvalue weighted by molar-refractivity contribution is 6.40. The first kappa shape index (κ1) is 24.5. The normalized spacial score (nSPS) is 16.2. The molecule has 3 aromatic carbocycles. The summed E-state index contributed by atoms with van der Waals surface area (Å²) in [6.45, 7) is 4.33. The summed E-state index contributed by atoms with van der Waals surface area (Å²) >= 11 is 7.47. The van der Waals surface area contributed by atoms with Gasteiger partial charge in [-0.2, -0.15) is 0 Å². The van der Waals surface area contributed by atoms with Gasteiger partial charge >= 0.3 is 0 Å². The lowest BCUT2D eigenvalue weighted by molar-refractivity contribution is 0.451. The highest BCUT2D eigenvalue weighted by atomic mass is 35.5. The van der Waals surface area contributed by atoms with Crippen molar-refractivity contribution in [2.75, 3.05) is 31.1 Å². The van der Waals surface area contributed by atoms with Gasteiger partial charge in [0.2, 0.25) is 5.36 Å². The molecular weight excluding hydrogens is 500 g/mol. The molecule has 0 aromatic heterocycles. The summed E-state index contributed by atoms with van der Waals surface area (Å²) in [6.07, 6.45) is 7.53. The van der Waals surface area contributed by atoms with Gasteiger partial charge in [-0.05, 0) is 48.4 Å². The molecule has 196 valence electrons. The molecule has 3 heterocycles. The summed E-state index contributed by atoms with van der Waals surface area (Å²) < 4.78 is 9.38. The van der Waals surface area contributed by atoms with Gasteiger partial charge < -0.3 is 9.32 Å². The van der Waals surface area contributed by atoms with Crippen molar-refractivity contribution < 1.29 is 4.42 Å². The molecule has 0 radical (unpaired) electrons. The number of rotatable bonds is 3. The van der Waals surface area contributed by atoms with Crippen LogP contribution in [0.3, 0.4) is 0 Å². The third-order valence-corrected chi connectivity index (χ3v) is 8.82. The van der Waals surface area contributed by atoms with Crippen molar-refractivity contribution >= 4 is 28.3 Å². The molecule has 0 atom stereocenters. The Morgan fingerprint density at radius 3 is 2.00 bits per heavy atom. The highest BCUT2D eigenvalue weighted by Crippen LogP contribution is 2.46. The van der Waals surface area contributed by atoms with Crippen molar-refractivity contribution in [3.63, 3.8) is 0 Å². The van der Waals surface area contributed by atoms with Crippen LogP contribution in [0.4, 0.5) is 5.69 Å². The van der Waals surface area contributed by atoms with E-state index in [9.17, 15) is 0 Å². The molecule has 4 aliphatic rings. The van der Waals surface area contributed by atoms with Crippen LogP contribution < -0.4 is 14.8 Å². The van der Waals surface area contributed by atoms with Crippen LogP contribution in [0.25, 0.3) is 44.5 Å². The Bertz CT molecular complexity index is 1660. The summed E-state index contributed by atoms with van der Waals surface area (Å²) in [6, 6.07) is 30.3. The Hall–Kier alpha value is -3.56. The molecule has 0 unspecified atom stereocenters. The molecule has 0 saturated carbocycles. The van der Waals surface area contributed by atoms with Gasteiger partial charge in [0.1, 0.15) is 24.4 Å². The molecule has 3 nitrogen and oxygen atoms in total. The fourth-order valence-electron chi connectivity index (χ4n) is 6.42. The zero-order valence-corrected chi connectivity index (χ0v) is 23.1. The molecule has 1 aliphatic carbocycles. The lowest BCUT2D eigenvalue weighted by Crippen LogP contribution is -2.34. The Balaban J connectivity index is 1.57. The van der Waals surface area contributed by atoms with Crippen LogP contribution in [-0.4, -0.2) is 26.2 Å². The molecule has 0 spiro atoms. The number of halogens is 1. The van der Waals surface area contributed by atoms with Gasteiger partial charge in [0.15, 0.2) is 0 Å². The topological polar surface area (TPSA) is 19.4 Å². The number of benzene rings is 4. The SMILES string of the molecule is Clc1c2c(-c3ccccc3)cc(=[N+]3CCCCC3)cc-2oc2cc(N3CCCCC3)cc(-c3ccccc3)c12. The maximum absolute atomic E-state index is 7.47. The van der Waals surface area contributed by atoms with Crippen LogP contribution in [0, 0.1) is 0 Å². The Kier molecular flexibility index (Phi) is 6.62. The maximum atomic E-state index is 7.47. The Morgan fingerprint density at radius 1 is 0.667 bits per heavy atom. The van der Waals surface area contributed by atoms with Crippen molar-refractivity contribution in [1.82, 2.24) is 4.58 Å². The number of anilines is 1. The third-order valence-electron chi connectivity index (χ3n) is 8.44. The Labute approximate surface area is 235 Å². The van der Waals surface area contributed by atoms with E-state index in [2.05, 4.69) is 94.4 Å². The van der Waals surface area contributed by atoms with Gasteiger partial charge in [-0.1, -0.05) is 72.3 Å². The van der Waals surface area contributed by atoms with Crippen molar-refractivity contribution in [1.29, 1.82) is 0 Å². The number of hydrogen-bond acceptors (Lipinski definition) is 2. The van der Waals surface area contributed by atoms with Crippen molar-refractivity contribution in [2.24, 2.45) is 0 Å². The van der Waals surface area contributed by atoms with Gasteiger partial charge in [0.05, 0.1) is 11.1 Å². The van der Waals surface area contributed by atoms with E-state index in [0.29, 0.717) is 0 Å². The summed E-state index contributed by atoms with van der Waals surface area (Å²) in [4.78, 5) is 2.50. The second-order valence-electron chi connectivity index (χ2n) is 11.0. The van der Waals surface area contributed by atoms with Gasteiger partial charge in [0.25, 0.3) is 0 Å². The van der Waals surface area contributed by atoms with Gasteiger partial charge in [-0.3, -0.25) is 0 Å². The molecule has 2 saturated heterocycles. The maximum Gasteiger partial charge on any atom is 0.204 e. The largest absolute Gasteiger partial charge is 0.456 e. The standard InChI is InChI=1S/C35H34ClN2O/c36-35-33-29(25-13-5-1-6-14-25)21-27(37-17-9-3-10-18-37)23-31(33)39-32-24-28(38-19-11-4-12-20-38)22-30(34(32)35)26-15-7-2-8-16-26/h1-2,5-8,13-16,21-24H,3-4,9-12,17-20H2/q+1. The van der Waals surface area contributed by atoms with Crippen LogP contribution in [0.15, 0.2) is 89.3 Å². The molecule has 4 heteroatoms. The predicted molar refractivity (Wildman–Crippen MR) is 164 cm³/mol. The quantitative estimate of drug-likeness (QED) is 0.171. The fourth-order valence-corrected chi connectivity index (χ4v) is 6.81. The summed E-state index contributed by atoms with van der Waals surface area (Å²) in [5.74, 6) is 0.851. The van der Waals surface area contributed by atoms with E-state index in [-0.39, 0.29) is 0 Å². The summed E-state index contributed by atoms with van der Waals surface area (Å²) in [5.41, 5.74) is 7.62. The molecule has 7 rings (SSSR count). The molecule has 0 amide bonds. The fraction of sp³-hybridized carbons (Fsp3) is 0.286. The van der Waals surface area contributed by atoms with E-state index in [1.54, 1.807) is 0 Å². The minimum Gasteiger partial charge on any atom is -0.456 e. The first-order chi connectivity index (χ1) is 19.3. The zero-order chi connectivity index (χ0) is 26.2. The number of nitrogens with zero attached hydrogens (tertiary/aromatic N) is 2. The monoisotopic (exact) mass is 533 g/mol. The highest BCUT2D eigenvalue weighted by Gasteiger charge is 2.25. The predicted octanol–water partition coefficient (Wildman–Crippen LogP) is 8.47. The summed E-state index contributed by atoms with van der Waals surface area (Å²) in [5, 5.41) is 2.97. The van der Waals surface area contributed by atoms with Crippen LogP contribution in [0.1, 0.15) is 38.5 Å². The molecule has 3 aliphatic heterocycles. The zero-order valence-electron chi connectivity index (χ0n) is 22.3. The number of fused-ring (bicyclic) bond motifs is 2. The van der Waals surface area contributed by atoms with Crippen molar-refractivity contribution in [3.05, 3.63) is 95.3 Å². The van der Waals surface area contributed by atoms with Gasteiger partial charge in [0, 0.05) is 60.3 Å². The van der Waals surface area contributed by atoms with Gasteiger partial charge in [-0.25, -0.2) is 4.58 Å². The Morgan fingerprint density at radius 2 is 1.31 bits per heavy atom. The average Bonchev–Trinajstić information content (AvgIpc) is 3.01. The van der Waals surface area contributed by atoms with E-state index in [1.807, 2.05) is 0 Å². The minimum atomic E-state index is 0.763. The van der Waals surface area contributed by atoms with E-state index in [1.165, 1.54) is 49.6 Å². The second-order valence-corrected chi connectivity index (χ2v) is 11.4. The molecule has 0 N–H and O–H groups in total. The lowest BCUT2D eigenvalue weighted by atomic mass is 9.92.